The molecule has 56 heavy (non-hydrogen) atoms. The van der Waals surface area contributed by atoms with Crippen molar-refractivity contribution in [3.05, 3.63) is 64.0 Å². The molecule has 2 heterocycles. The number of carbonyl (C=O) groups excluding carboxylic acids is 3. The zero-order valence-electron chi connectivity index (χ0n) is 32.6. The molecule has 2 aliphatic rings. The maximum Gasteiger partial charge on any atom is 0.336 e. The fourth-order valence-corrected chi connectivity index (χ4v) is 5.85. The molecule has 1 fully saturated rings. The molecule has 1 saturated heterocycles. The van der Waals surface area contributed by atoms with Gasteiger partial charge >= 0.3 is 17.9 Å². The summed E-state index contributed by atoms with van der Waals surface area (Å²) in [5.74, 6) is -2.26. The minimum absolute atomic E-state index is 0.194. The van der Waals surface area contributed by atoms with Crippen LogP contribution in [0.4, 0.5) is 0 Å². The normalized spacial score (nSPS) is 24.0. The largest absolute Gasteiger partial charge is 0.463 e. The smallest absolute Gasteiger partial charge is 0.336 e. The molecule has 0 saturated carbocycles. The Balaban J connectivity index is 0.000000413. The van der Waals surface area contributed by atoms with Crippen LogP contribution in [0.1, 0.15) is 65.5 Å². The Hall–Kier alpha value is -3.79. The van der Waals surface area contributed by atoms with Crippen LogP contribution in [0.3, 0.4) is 0 Å². The van der Waals surface area contributed by atoms with Crippen LogP contribution in [0, 0.1) is 0 Å². The lowest BCUT2D eigenvalue weighted by Gasteiger charge is -2.42. The maximum atomic E-state index is 13.0. The monoisotopic (exact) mass is 799 g/mol. The van der Waals surface area contributed by atoms with Crippen molar-refractivity contribution >= 4 is 24.0 Å². The van der Waals surface area contributed by atoms with E-state index >= 15 is 0 Å². The Kier molecular flexibility index (Phi) is 19.2. The van der Waals surface area contributed by atoms with Crippen LogP contribution >= 0.6 is 0 Å². The molecule has 0 amide bonds. The van der Waals surface area contributed by atoms with Gasteiger partial charge in [0.15, 0.2) is 6.29 Å². The molecule has 0 unspecified atom stereocenters. The molecule has 18 nitrogen and oxygen atoms in total. The van der Waals surface area contributed by atoms with E-state index in [-0.39, 0.29) is 13.2 Å². The van der Waals surface area contributed by atoms with Crippen LogP contribution in [0.25, 0.3) is 6.08 Å². The van der Waals surface area contributed by atoms with Gasteiger partial charge in [-0.2, -0.15) is 0 Å². The van der Waals surface area contributed by atoms with Crippen LogP contribution in [-0.2, 0) is 38.1 Å². The van der Waals surface area contributed by atoms with E-state index in [0.29, 0.717) is 33.7 Å². The van der Waals surface area contributed by atoms with E-state index in [9.17, 15) is 45.0 Å². The van der Waals surface area contributed by atoms with Crippen molar-refractivity contribution in [1.29, 1.82) is 0 Å². The predicted octanol–water partition coefficient (Wildman–Crippen LogP) is -1.36. The van der Waals surface area contributed by atoms with Crippen LogP contribution < -0.4 is 5.32 Å². The molecular weight excluding hydrogens is 742 g/mol. The van der Waals surface area contributed by atoms with Gasteiger partial charge in [-0.05, 0) is 65.7 Å². The number of carbonyl (C=O) groups is 3. The summed E-state index contributed by atoms with van der Waals surface area (Å²) in [6, 6.07) is 7.27. The van der Waals surface area contributed by atoms with Gasteiger partial charge in [0.2, 0.25) is 0 Å². The average Bonchev–Trinajstić information content (AvgIpc) is 3.14. The SMILES string of the molecule is CCOC(=O)C1=C(C)NC(C)=C(C(=O)OCC)C1c1ccccc1/C=C/C(=O)OC(C)(C)C.OC[C@@H](O)[C@@H](O[C@@H]1O[C@H](CO)[C@H](O)[C@H](O)[C@H]1O)[C@H](O)[C@@H](O)CO. The van der Waals surface area contributed by atoms with Crippen molar-refractivity contribution in [2.45, 2.75) is 115 Å². The Morgan fingerprint density at radius 1 is 0.839 bits per heavy atom. The third kappa shape index (κ3) is 12.9. The third-order valence-electron chi connectivity index (χ3n) is 8.49. The Bertz CT molecular complexity index is 1510. The summed E-state index contributed by atoms with van der Waals surface area (Å²) >= 11 is 0. The van der Waals surface area contributed by atoms with E-state index < -0.39 is 104 Å². The number of benzene rings is 1. The number of aliphatic hydroxyl groups excluding tert-OH is 9. The quantitative estimate of drug-likeness (QED) is 0.0557. The molecule has 1 aromatic rings. The third-order valence-corrected chi connectivity index (χ3v) is 8.49. The van der Waals surface area contributed by atoms with Crippen molar-refractivity contribution in [1.82, 2.24) is 5.32 Å². The molecule has 0 spiro atoms. The van der Waals surface area contributed by atoms with Gasteiger partial charge in [0.1, 0.15) is 54.4 Å². The number of dihydropyridines is 1. The first-order valence-electron chi connectivity index (χ1n) is 18.0. The Labute approximate surface area is 325 Å². The summed E-state index contributed by atoms with van der Waals surface area (Å²) in [5.41, 5.74) is 2.55. The van der Waals surface area contributed by atoms with Gasteiger partial charge in [0.25, 0.3) is 0 Å². The van der Waals surface area contributed by atoms with Gasteiger partial charge in [0, 0.05) is 17.5 Å². The molecule has 18 heteroatoms. The molecule has 0 aliphatic carbocycles. The van der Waals surface area contributed by atoms with Gasteiger partial charge in [-0.25, -0.2) is 14.4 Å². The fraction of sp³-hybridized carbons (Fsp3) is 0.605. The molecule has 0 radical (unpaired) electrons. The minimum Gasteiger partial charge on any atom is -0.463 e. The summed E-state index contributed by atoms with van der Waals surface area (Å²) in [7, 11) is 0. The number of allylic oxidation sites excluding steroid dienone is 2. The number of aliphatic hydroxyl groups is 9. The summed E-state index contributed by atoms with van der Waals surface area (Å²) in [4.78, 5) is 38.2. The lowest BCUT2D eigenvalue weighted by molar-refractivity contribution is -0.327. The van der Waals surface area contributed by atoms with Crippen LogP contribution in [0.5, 0.6) is 0 Å². The number of ether oxygens (including phenoxy) is 5. The Morgan fingerprint density at radius 2 is 1.38 bits per heavy atom. The van der Waals surface area contributed by atoms with Gasteiger partial charge in [-0.1, -0.05) is 24.3 Å². The zero-order valence-corrected chi connectivity index (χ0v) is 32.6. The number of rotatable bonds is 15. The minimum atomic E-state index is -1.85. The van der Waals surface area contributed by atoms with Crippen LogP contribution in [0.2, 0.25) is 0 Å². The van der Waals surface area contributed by atoms with Gasteiger partial charge in [-0.15, -0.1) is 0 Å². The topological polar surface area (TPSA) is 291 Å². The van der Waals surface area contributed by atoms with E-state index in [1.54, 1.807) is 54.5 Å². The molecule has 0 aromatic heterocycles. The molecule has 316 valence electrons. The average molecular weight is 800 g/mol. The first kappa shape index (κ1) is 48.4. The van der Waals surface area contributed by atoms with Gasteiger partial charge in [0.05, 0.1) is 50.1 Å². The second-order valence-corrected chi connectivity index (χ2v) is 13.9. The summed E-state index contributed by atoms with van der Waals surface area (Å²) in [6.45, 7) is 10.3. The second-order valence-electron chi connectivity index (χ2n) is 13.9. The summed E-state index contributed by atoms with van der Waals surface area (Å²) in [5, 5.41) is 88.0. The molecular formula is C38H57NO17. The lowest BCUT2D eigenvalue weighted by atomic mass is 9.78. The highest BCUT2D eigenvalue weighted by Crippen LogP contribution is 2.41. The van der Waals surface area contributed by atoms with E-state index in [2.05, 4.69) is 5.32 Å². The van der Waals surface area contributed by atoms with Crippen molar-refractivity contribution in [2.75, 3.05) is 33.0 Å². The molecule has 10 N–H and O–H groups in total. The van der Waals surface area contributed by atoms with Crippen molar-refractivity contribution in [2.24, 2.45) is 0 Å². The van der Waals surface area contributed by atoms with Crippen molar-refractivity contribution in [3.63, 3.8) is 0 Å². The summed E-state index contributed by atoms with van der Waals surface area (Å²) in [6.07, 6.45) is -12.1. The highest BCUT2D eigenvalue weighted by molar-refractivity contribution is 6.00. The maximum absolute atomic E-state index is 13.0. The lowest BCUT2D eigenvalue weighted by Crippen LogP contribution is -2.61. The standard InChI is InChI=1S/C26H33NO6.C12H24O11/c1-8-31-24(29)21-16(3)27-17(4)22(25(30)32-9-2)23(21)19-13-11-10-12-18(19)14-15-20(28)33-26(5,6)7;13-1-4(16)7(18)11(5(17)2-14)23-12-10(21)9(20)8(19)6(3-15)22-12/h10-15,23,27H,8-9H2,1-7H3;4-21H,1-3H2/b15-14+;/t;4-,5+,6+,7+,8-,9-,10+,11+,12-/m.0/s1. The highest BCUT2D eigenvalue weighted by atomic mass is 16.7. The molecule has 0 bridgehead atoms. The predicted molar refractivity (Wildman–Crippen MR) is 197 cm³/mol. The molecule has 3 rings (SSSR count). The van der Waals surface area contributed by atoms with E-state index in [4.69, 9.17) is 39.0 Å². The van der Waals surface area contributed by atoms with E-state index in [1.807, 2.05) is 24.3 Å². The second kappa shape index (κ2) is 22.2. The number of hydrogen-bond donors (Lipinski definition) is 10. The fourth-order valence-electron chi connectivity index (χ4n) is 5.85. The van der Waals surface area contributed by atoms with E-state index in [1.165, 1.54) is 6.08 Å². The number of nitrogens with one attached hydrogen (secondary N) is 1. The molecule has 2 aliphatic heterocycles. The van der Waals surface area contributed by atoms with Crippen molar-refractivity contribution in [3.8, 4) is 0 Å². The molecule has 1 aromatic carbocycles. The zero-order chi connectivity index (χ0) is 42.5. The Morgan fingerprint density at radius 3 is 1.86 bits per heavy atom. The van der Waals surface area contributed by atoms with Crippen LogP contribution in [0.15, 0.2) is 52.9 Å². The van der Waals surface area contributed by atoms with Gasteiger partial charge in [-0.3, -0.25) is 0 Å². The first-order valence-corrected chi connectivity index (χ1v) is 18.0. The number of hydrogen-bond acceptors (Lipinski definition) is 18. The van der Waals surface area contributed by atoms with Crippen molar-refractivity contribution < 1.29 is 84.0 Å². The number of esters is 3. The first-order chi connectivity index (χ1) is 26.3. The van der Waals surface area contributed by atoms with Crippen LogP contribution in [-0.4, -0.2) is 158 Å². The highest BCUT2D eigenvalue weighted by Gasteiger charge is 2.47. The van der Waals surface area contributed by atoms with Gasteiger partial charge < -0.3 is 75.0 Å². The summed E-state index contributed by atoms with van der Waals surface area (Å²) < 4.78 is 26.1. The van der Waals surface area contributed by atoms with E-state index in [0.717, 1.165) is 0 Å². The molecule has 9 atom stereocenters.